The molecule has 0 aliphatic rings. The van der Waals surface area contributed by atoms with Gasteiger partial charge in [0.25, 0.3) is 0 Å². The molecule has 0 fully saturated rings. The molecule has 0 amide bonds. The maximum atomic E-state index is 12.1. The van der Waals surface area contributed by atoms with Gasteiger partial charge in [0.15, 0.2) is 0 Å². The van der Waals surface area contributed by atoms with Gasteiger partial charge in [0.2, 0.25) is 0 Å². The third-order valence-corrected chi connectivity index (χ3v) is 2.74. The number of rotatable bonds is 3. The molecule has 68 valence electrons. The average molecular weight is 232 g/mol. The predicted octanol–water partition coefficient (Wildman–Crippen LogP) is -0.241. The summed E-state index contributed by atoms with van der Waals surface area (Å²) < 4.78 is 35.9. The minimum atomic E-state index is -4.78. The largest absolute Gasteiger partial charge is 1.00 e. The van der Waals surface area contributed by atoms with Gasteiger partial charge in [-0.3, -0.25) is 0 Å². The Kier molecular flexibility index (Phi) is 6.47. The number of hydrogen-bond acceptors (Lipinski definition) is 1. The summed E-state index contributed by atoms with van der Waals surface area (Å²) in [7, 11) is 0. The van der Waals surface area contributed by atoms with E-state index in [-0.39, 0.29) is 51.4 Å². The zero-order chi connectivity index (χ0) is 9.19. The van der Waals surface area contributed by atoms with Crippen LogP contribution in [-0.4, -0.2) is 6.98 Å². The summed E-state index contributed by atoms with van der Waals surface area (Å²) in [5.74, 6) is 0. The first-order valence-corrected chi connectivity index (χ1v) is 4.64. The van der Waals surface area contributed by atoms with E-state index in [4.69, 9.17) is 0 Å². The molecule has 1 aromatic heterocycles. The molecule has 1 aromatic rings. The summed E-state index contributed by atoms with van der Waals surface area (Å²) in [5, 5.41) is 0. The van der Waals surface area contributed by atoms with Crippen molar-refractivity contribution >= 4 is 23.1 Å². The quantitative estimate of drug-likeness (QED) is 0.631. The van der Waals surface area contributed by atoms with Gasteiger partial charge in [-0.25, -0.2) is 0 Å². The standard InChI is InChI=1S/C7H9BF3S.K/c1-2-3-6-4-5-7(12-6)8(9,10)11;/h4-5H,2-3H2,1H3;/q-1;+1. The van der Waals surface area contributed by atoms with Crippen molar-refractivity contribution in [3.8, 4) is 0 Å². The Hall–Kier alpha value is 1.19. The fraction of sp³-hybridized carbons (Fsp3) is 0.429. The van der Waals surface area contributed by atoms with Crippen molar-refractivity contribution in [2.45, 2.75) is 19.8 Å². The van der Waals surface area contributed by atoms with Crippen LogP contribution in [0.15, 0.2) is 12.1 Å². The third-order valence-electron chi connectivity index (χ3n) is 1.50. The molecule has 0 radical (unpaired) electrons. The molecule has 0 aromatic carbocycles. The molecular formula is C7H9BF3KS. The van der Waals surface area contributed by atoms with Gasteiger partial charge in [-0.1, -0.05) is 30.3 Å². The molecule has 0 atom stereocenters. The molecule has 0 saturated heterocycles. The third kappa shape index (κ3) is 4.49. The molecule has 0 N–H and O–H groups in total. The Labute approximate surface area is 122 Å². The minimum Gasteiger partial charge on any atom is -0.444 e. The number of hydrogen-bond donors (Lipinski definition) is 0. The van der Waals surface area contributed by atoms with Crippen molar-refractivity contribution in [2.24, 2.45) is 0 Å². The van der Waals surface area contributed by atoms with E-state index in [1.54, 1.807) is 6.07 Å². The maximum Gasteiger partial charge on any atom is 1.00 e. The van der Waals surface area contributed by atoms with Crippen LogP contribution < -0.4 is 56.2 Å². The van der Waals surface area contributed by atoms with E-state index < -0.39 is 11.8 Å². The van der Waals surface area contributed by atoms with Gasteiger partial charge >= 0.3 is 58.4 Å². The van der Waals surface area contributed by atoms with E-state index in [9.17, 15) is 12.9 Å². The molecule has 0 saturated carbocycles. The summed E-state index contributed by atoms with van der Waals surface area (Å²) in [4.78, 5) is 0.826. The van der Waals surface area contributed by atoms with Crippen LogP contribution in [0.5, 0.6) is 0 Å². The molecule has 1 heterocycles. The van der Waals surface area contributed by atoms with Crippen LogP contribution in [0, 0.1) is 0 Å². The van der Waals surface area contributed by atoms with Crippen LogP contribution in [-0.2, 0) is 6.42 Å². The molecule has 0 bridgehead atoms. The van der Waals surface area contributed by atoms with Gasteiger partial charge in [0.1, 0.15) is 0 Å². The SMILES string of the molecule is CCCc1ccc([B-](F)(F)F)s1.[K+]. The van der Waals surface area contributed by atoms with Crippen LogP contribution in [0.4, 0.5) is 12.9 Å². The normalized spacial score (nSPS) is 11.1. The molecule has 0 unspecified atom stereocenters. The Bertz CT molecular complexity index is 258. The van der Waals surface area contributed by atoms with E-state index in [0.29, 0.717) is 0 Å². The van der Waals surface area contributed by atoms with Crippen LogP contribution in [0.3, 0.4) is 0 Å². The Morgan fingerprint density at radius 3 is 2.31 bits per heavy atom. The van der Waals surface area contributed by atoms with E-state index >= 15 is 0 Å². The summed E-state index contributed by atoms with van der Waals surface area (Å²) in [6.45, 7) is -2.82. The van der Waals surface area contributed by atoms with Gasteiger partial charge in [-0.05, 0) is 6.42 Å². The molecule has 1 rings (SSSR count). The fourth-order valence-electron chi connectivity index (χ4n) is 0.951. The average Bonchev–Trinajstić information content (AvgIpc) is 2.35. The van der Waals surface area contributed by atoms with E-state index in [2.05, 4.69) is 0 Å². The predicted molar refractivity (Wildman–Crippen MR) is 47.0 cm³/mol. The first-order chi connectivity index (χ1) is 5.54. The summed E-state index contributed by atoms with van der Waals surface area (Å²) >= 11 is 0.867. The molecule has 6 heteroatoms. The van der Waals surface area contributed by atoms with Gasteiger partial charge in [0, 0.05) is 4.88 Å². The first-order valence-electron chi connectivity index (χ1n) is 3.82. The zero-order valence-corrected chi connectivity index (χ0v) is 11.6. The minimum absolute atomic E-state index is 0. The number of thiophene rings is 1. The van der Waals surface area contributed by atoms with Crippen LogP contribution in [0.1, 0.15) is 18.2 Å². The van der Waals surface area contributed by atoms with Crippen molar-refractivity contribution in [2.75, 3.05) is 0 Å². The van der Waals surface area contributed by atoms with E-state index in [1.165, 1.54) is 6.07 Å². The van der Waals surface area contributed by atoms with Gasteiger partial charge in [-0.15, -0.1) is 0 Å². The zero-order valence-electron chi connectivity index (χ0n) is 7.69. The van der Waals surface area contributed by atoms with Gasteiger partial charge in [0.05, 0.1) is 0 Å². The summed E-state index contributed by atoms with van der Waals surface area (Å²) in [6.07, 6.45) is 1.64. The summed E-state index contributed by atoms with van der Waals surface area (Å²) in [6, 6.07) is 2.74. The maximum absolute atomic E-state index is 12.1. The van der Waals surface area contributed by atoms with Gasteiger partial charge in [-0.2, -0.15) is 11.3 Å². The molecule has 0 spiro atoms. The fourth-order valence-corrected chi connectivity index (χ4v) is 1.97. The molecule has 0 aliphatic carbocycles. The van der Waals surface area contributed by atoms with Crippen molar-refractivity contribution in [1.82, 2.24) is 0 Å². The van der Waals surface area contributed by atoms with Crippen LogP contribution >= 0.6 is 11.3 Å². The van der Waals surface area contributed by atoms with E-state index in [0.717, 1.165) is 29.1 Å². The summed E-state index contributed by atoms with van der Waals surface area (Å²) in [5.41, 5.74) is 0. The first kappa shape index (κ1) is 14.2. The monoisotopic (exact) mass is 232 g/mol. The Morgan fingerprint density at radius 1 is 1.31 bits per heavy atom. The second-order valence-corrected chi connectivity index (χ2v) is 3.83. The Balaban J connectivity index is 0.00000144. The van der Waals surface area contributed by atoms with Crippen molar-refractivity contribution in [3.63, 3.8) is 0 Å². The molecule has 0 aliphatic heterocycles. The van der Waals surface area contributed by atoms with Crippen LogP contribution in [0.2, 0.25) is 0 Å². The molecular weight excluding hydrogens is 223 g/mol. The molecule has 0 nitrogen and oxygen atoms in total. The number of aryl methyl sites for hydroxylation is 1. The topological polar surface area (TPSA) is 0 Å². The number of halogens is 3. The second kappa shape index (κ2) is 5.92. The Morgan fingerprint density at radius 2 is 1.92 bits per heavy atom. The van der Waals surface area contributed by atoms with Crippen molar-refractivity contribution in [1.29, 1.82) is 0 Å². The van der Waals surface area contributed by atoms with Crippen molar-refractivity contribution in [3.05, 3.63) is 17.0 Å². The van der Waals surface area contributed by atoms with E-state index in [1.807, 2.05) is 6.92 Å². The van der Waals surface area contributed by atoms with Crippen molar-refractivity contribution < 1.29 is 64.3 Å². The molecule has 13 heavy (non-hydrogen) atoms. The second-order valence-electron chi connectivity index (χ2n) is 2.63. The van der Waals surface area contributed by atoms with Crippen LogP contribution in [0.25, 0.3) is 0 Å². The van der Waals surface area contributed by atoms with Gasteiger partial charge < -0.3 is 12.9 Å². The smallest absolute Gasteiger partial charge is 0.444 e.